The first-order valence-electron chi connectivity index (χ1n) is 14.2. The fourth-order valence-corrected chi connectivity index (χ4v) is 4.12. The zero-order valence-electron chi connectivity index (χ0n) is 26.0. The Hall–Kier alpha value is -4.66. The van der Waals surface area contributed by atoms with Gasteiger partial charge in [0.15, 0.2) is 6.10 Å². The minimum Gasteiger partial charge on any atom is -0.479 e. The summed E-state index contributed by atoms with van der Waals surface area (Å²) in [5.41, 5.74) is 4.24. The van der Waals surface area contributed by atoms with Crippen LogP contribution in [0.4, 0.5) is 4.79 Å². The highest BCUT2D eigenvalue weighted by molar-refractivity contribution is 6.30. The first-order valence-corrected chi connectivity index (χ1v) is 14.6. The first-order chi connectivity index (χ1) is 21.6. The molecular formula is C31H37ClN4O10. The maximum Gasteiger partial charge on any atom is 0.408 e. The van der Waals surface area contributed by atoms with Gasteiger partial charge in [-0.05, 0) is 60.7 Å². The lowest BCUT2D eigenvalue weighted by atomic mass is 10.0. The van der Waals surface area contributed by atoms with E-state index in [1.54, 1.807) is 52.8 Å². The van der Waals surface area contributed by atoms with Crippen LogP contribution in [0.25, 0.3) is 11.1 Å². The lowest BCUT2D eigenvalue weighted by Crippen LogP contribution is -2.47. The normalized spacial score (nSPS) is 12.7. The Morgan fingerprint density at radius 2 is 1.74 bits per heavy atom. The van der Waals surface area contributed by atoms with Crippen molar-refractivity contribution < 1.29 is 48.1 Å². The summed E-state index contributed by atoms with van der Waals surface area (Å²) in [7, 11) is 0. The quantitative estimate of drug-likeness (QED) is 0.111. The average Bonchev–Trinajstić information content (AvgIpc) is 3.44. The van der Waals surface area contributed by atoms with Crippen molar-refractivity contribution in [3.8, 4) is 17.0 Å². The maximum atomic E-state index is 12.9. The number of carbonyl (C=O) groups excluding carboxylic acids is 3. The molecule has 2 aromatic carbocycles. The van der Waals surface area contributed by atoms with E-state index in [-0.39, 0.29) is 24.1 Å². The first kappa shape index (κ1) is 35.8. The van der Waals surface area contributed by atoms with Crippen molar-refractivity contribution in [2.75, 3.05) is 13.3 Å². The molecule has 0 aliphatic rings. The van der Waals surface area contributed by atoms with Crippen molar-refractivity contribution >= 4 is 35.5 Å². The molecule has 0 fully saturated rings. The number of halogens is 1. The highest BCUT2D eigenvalue weighted by Gasteiger charge is 2.29. The largest absolute Gasteiger partial charge is 0.479 e. The number of hydrogen-bond donors (Lipinski definition) is 4. The van der Waals surface area contributed by atoms with Crippen LogP contribution in [0.5, 0.6) is 5.88 Å². The van der Waals surface area contributed by atoms with Gasteiger partial charge in [0.1, 0.15) is 11.6 Å². The van der Waals surface area contributed by atoms with Gasteiger partial charge in [-0.3, -0.25) is 10.2 Å². The van der Waals surface area contributed by atoms with Gasteiger partial charge in [-0.15, -0.1) is 0 Å². The molecule has 0 spiro atoms. The summed E-state index contributed by atoms with van der Waals surface area (Å²) in [4.78, 5) is 48.9. The van der Waals surface area contributed by atoms with Crippen LogP contribution in [0.15, 0.2) is 59.1 Å². The summed E-state index contributed by atoms with van der Waals surface area (Å²) >= 11 is 6.08. The van der Waals surface area contributed by atoms with Gasteiger partial charge < -0.3 is 34.3 Å². The minimum atomic E-state index is -1.80. The van der Waals surface area contributed by atoms with Gasteiger partial charge in [-0.1, -0.05) is 61.8 Å². The summed E-state index contributed by atoms with van der Waals surface area (Å²) in [5, 5.41) is 27.1. The fourth-order valence-electron chi connectivity index (χ4n) is 3.93. The fraction of sp³-hybridized carbons (Fsp3) is 0.387. The third kappa shape index (κ3) is 11.4. The molecule has 15 heteroatoms. The van der Waals surface area contributed by atoms with Crippen molar-refractivity contribution in [1.29, 1.82) is 0 Å². The number of hydrogen-bond acceptors (Lipinski definition) is 11. The second-order valence-corrected chi connectivity index (χ2v) is 11.9. The number of benzene rings is 2. The molecule has 0 saturated carbocycles. The minimum absolute atomic E-state index is 0.0354. The molecule has 0 aliphatic heterocycles. The number of esters is 1. The molecule has 1 heterocycles. The smallest absolute Gasteiger partial charge is 0.408 e. The number of ether oxygens (including phenoxy) is 3. The van der Waals surface area contributed by atoms with Crippen molar-refractivity contribution in [2.24, 2.45) is 5.92 Å². The standard InChI is InChI=1S/C31H37ClN4O10/c1-18(2)26(33-30(42)45-31(3,4)5)29(41)44-17-43-25-14-24(46-35-25)27(38)34-36(16-23(37)28(39)40)15-19-9-11-20(12-10-19)21-7-6-8-22(32)13-21/h6-14,18,23,26,37H,15-17H2,1-5H3,(H,33,42)(H,34,38)(H,39,40)/t23-,26?/m1/s1. The van der Waals surface area contributed by atoms with Gasteiger partial charge in [-0.2, -0.15) is 0 Å². The maximum absolute atomic E-state index is 12.9. The van der Waals surface area contributed by atoms with Crippen LogP contribution in [0.1, 0.15) is 50.7 Å². The zero-order valence-corrected chi connectivity index (χ0v) is 26.7. The Morgan fingerprint density at radius 3 is 2.35 bits per heavy atom. The Morgan fingerprint density at radius 1 is 1.04 bits per heavy atom. The van der Waals surface area contributed by atoms with E-state index in [9.17, 15) is 29.4 Å². The monoisotopic (exact) mass is 660 g/mol. The lowest BCUT2D eigenvalue weighted by molar-refractivity contribution is -0.154. The second kappa shape index (κ2) is 16.1. The third-order valence-corrected chi connectivity index (χ3v) is 6.37. The Labute approximate surface area is 270 Å². The molecule has 2 atom stereocenters. The van der Waals surface area contributed by atoms with E-state index in [1.165, 1.54) is 5.01 Å². The molecule has 1 aromatic heterocycles. The highest BCUT2D eigenvalue weighted by Crippen LogP contribution is 2.23. The number of nitrogens with one attached hydrogen (secondary N) is 2. The van der Waals surface area contributed by atoms with Crippen LogP contribution < -0.4 is 15.5 Å². The number of aliphatic carboxylic acids is 1. The molecule has 0 saturated heterocycles. The molecule has 3 rings (SSSR count). The highest BCUT2D eigenvalue weighted by atomic mass is 35.5. The van der Waals surface area contributed by atoms with Crippen LogP contribution in [0.3, 0.4) is 0 Å². The van der Waals surface area contributed by atoms with Crippen molar-refractivity contribution in [3.63, 3.8) is 0 Å². The molecule has 1 unspecified atom stereocenters. The summed E-state index contributed by atoms with van der Waals surface area (Å²) in [5.74, 6) is -3.89. The summed E-state index contributed by atoms with van der Waals surface area (Å²) < 4.78 is 20.6. The van der Waals surface area contributed by atoms with Gasteiger partial charge in [0.25, 0.3) is 5.88 Å². The van der Waals surface area contributed by atoms with E-state index in [1.807, 2.05) is 30.3 Å². The molecule has 0 radical (unpaired) electrons. The molecular weight excluding hydrogens is 624 g/mol. The number of nitrogens with zero attached hydrogens (tertiary/aromatic N) is 2. The number of hydrazine groups is 1. The van der Waals surface area contributed by atoms with Crippen LogP contribution >= 0.6 is 11.6 Å². The number of carboxylic acids is 1. The van der Waals surface area contributed by atoms with Crippen LogP contribution in [-0.4, -0.2) is 75.4 Å². The van der Waals surface area contributed by atoms with Crippen LogP contribution in [0, 0.1) is 5.92 Å². The number of aromatic nitrogens is 1. The number of rotatable bonds is 14. The number of aliphatic hydroxyl groups excluding tert-OH is 1. The van der Waals surface area contributed by atoms with E-state index in [4.69, 9.17) is 30.3 Å². The molecule has 4 N–H and O–H groups in total. The van der Waals surface area contributed by atoms with E-state index in [2.05, 4.69) is 15.9 Å². The van der Waals surface area contributed by atoms with Crippen LogP contribution in [-0.2, 0) is 25.6 Å². The topological polar surface area (TPSA) is 190 Å². The Kier molecular flexibility index (Phi) is 12.5. The molecule has 248 valence electrons. The van der Waals surface area contributed by atoms with Crippen molar-refractivity contribution in [2.45, 2.75) is 58.9 Å². The average molecular weight is 661 g/mol. The Balaban J connectivity index is 1.59. The molecule has 2 amide bonds. The predicted octanol–water partition coefficient (Wildman–Crippen LogP) is 4.02. The number of aliphatic hydroxyl groups is 1. The number of carbonyl (C=O) groups is 4. The van der Waals surface area contributed by atoms with Crippen LogP contribution in [0.2, 0.25) is 5.02 Å². The third-order valence-electron chi connectivity index (χ3n) is 6.14. The predicted molar refractivity (Wildman–Crippen MR) is 164 cm³/mol. The zero-order chi connectivity index (χ0) is 34.0. The molecule has 14 nitrogen and oxygen atoms in total. The van der Waals surface area contributed by atoms with E-state index < -0.39 is 55.0 Å². The Bertz CT molecular complexity index is 1500. The lowest BCUT2D eigenvalue weighted by Gasteiger charge is -2.24. The van der Waals surface area contributed by atoms with Gasteiger partial charge in [0, 0.05) is 11.6 Å². The van der Waals surface area contributed by atoms with E-state index in [0.717, 1.165) is 17.2 Å². The summed E-state index contributed by atoms with van der Waals surface area (Å²) in [6.07, 6.45) is -2.58. The molecule has 3 aromatic rings. The van der Waals surface area contributed by atoms with E-state index >= 15 is 0 Å². The van der Waals surface area contributed by atoms with Crippen molar-refractivity contribution in [3.05, 3.63) is 70.9 Å². The van der Waals surface area contributed by atoms with Gasteiger partial charge in [0.2, 0.25) is 12.6 Å². The SMILES string of the molecule is CC(C)C(NC(=O)OC(C)(C)C)C(=O)OCOc1cc(C(=O)NN(Cc2ccc(-c3cccc(Cl)c3)cc2)C[C@@H](O)C(=O)O)on1. The van der Waals surface area contributed by atoms with Gasteiger partial charge in [-0.25, -0.2) is 19.4 Å². The molecule has 0 aliphatic carbocycles. The summed E-state index contributed by atoms with van der Waals surface area (Å²) in [6.45, 7) is 7.47. The number of amides is 2. The molecule has 46 heavy (non-hydrogen) atoms. The number of carboxylic acid groups (broad SMARTS) is 1. The van der Waals surface area contributed by atoms with Crippen molar-refractivity contribution in [1.82, 2.24) is 20.9 Å². The van der Waals surface area contributed by atoms with Gasteiger partial charge in [0.05, 0.1) is 12.6 Å². The van der Waals surface area contributed by atoms with E-state index in [0.29, 0.717) is 10.6 Å². The summed E-state index contributed by atoms with van der Waals surface area (Å²) in [6, 6.07) is 14.7. The van der Waals surface area contributed by atoms with Gasteiger partial charge >= 0.3 is 23.9 Å². The second-order valence-electron chi connectivity index (χ2n) is 11.5. The molecule has 0 bridgehead atoms. The number of alkyl carbamates (subject to hydrolysis) is 1.